The van der Waals surface area contributed by atoms with Gasteiger partial charge in [0.25, 0.3) is 0 Å². The van der Waals surface area contributed by atoms with Crippen LogP contribution >= 0.6 is 0 Å². The minimum Gasteiger partial charge on any atom is -0.505 e. The molecule has 0 aliphatic heterocycles. The van der Waals surface area contributed by atoms with Gasteiger partial charge < -0.3 is 5.11 Å². The van der Waals surface area contributed by atoms with Crippen LogP contribution < -0.4 is 0 Å². The van der Waals surface area contributed by atoms with E-state index in [1.54, 1.807) is 6.07 Å². The van der Waals surface area contributed by atoms with Crippen LogP contribution in [0.3, 0.4) is 0 Å². The van der Waals surface area contributed by atoms with Gasteiger partial charge in [0.05, 0.1) is 5.69 Å². The first-order valence-electron chi connectivity index (χ1n) is 6.85. The Morgan fingerprint density at radius 1 is 0.810 bits per heavy atom. The first-order chi connectivity index (χ1) is 10.1. The molecule has 0 radical (unpaired) electrons. The second-order valence-electron chi connectivity index (χ2n) is 5.13. The van der Waals surface area contributed by atoms with Crippen molar-refractivity contribution in [3.8, 4) is 5.75 Å². The Labute approximate surface area is 123 Å². The second kappa shape index (κ2) is 5.37. The van der Waals surface area contributed by atoms with Crippen LogP contribution in [0.2, 0.25) is 0 Å². The minimum absolute atomic E-state index is 0.176. The zero-order valence-corrected chi connectivity index (χ0v) is 12.0. The van der Waals surface area contributed by atoms with Gasteiger partial charge in [-0.25, -0.2) is 0 Å². The molecule has 0 aromatic heterocycles. The minimum atomic E-state index is 0.176. The molecule has 0 amide bonds. The van der Waals surface area contributed by atoms with Gasteiger partial charge in [0.15, 0.2) is 5.75 Å². The van der Waals surface area contributed by atoms with Crippen LogP contribution in [0, 0.1) is 13.8 Å². The van der Waals surface area contributed by atoms with Crippen LogP contribution in [0.5, 0.6) is 5.75 Å². The summed E-state index contributed by atoms with van der Waals surface area (Å²) in [6, 6.07) is 17.3. The maximum absolute atomic E-state index is 10.4. The van der Waals surface area contributed by atoms with E-state index in [9.17, 15) is 5.11 Å². The van der Waals surface area contributed by atoms with Gasteiger partial charge in [0, 0.05) is 5.39 Å². The molecule has 1 N–H and O–H groups in total. The molecule has 0 fully saturated rings. The van der Waals surface area contributed by atoms with Crippen molar-refractivity contribution in [3.63, 3.8) is 0 Å². The van der Waals surface area contributed by atoms with E-state index in [2.05, 4.69) is 23.2 Å². The molecule has 0 saturated carbocycles. The third-order valence-corrected chi connectivity index (χ3v) is 3.61. The van der Waals surface area contributed by atoms with Gasteiger partial charge in [-0.1, -0.05) is 30.3 Å². The van der Waals surface area contributed by atoms with Gasteiger partial charge in [0.2, 0.25) is 0 Å². The molecule has 0 heterocycles. The highest BCUT2D eigenvalue weighted by Crippen LogP contribution is 2.36. The highest BCUT2D eigenvalue weighted by atomic mass is 16.3. The van der Waals surface area contributed by atoms with Crippen LogP contribution in [0.1, 0.15) is 11.1 Å². The predicted octanol–water partition coefficient (Wildman–Crippen LogP) is 5.58. The average Bonchev–Trinajstić information content (AvgIpc) is 2.50. The molecule has 0 aliphatic rings. The van der Waals surface area contributed by atoms with Crippen molar-refractivity contribution < 1.29 is 5.11 Å². The number of aryl methyl sites for hydroxylation is 2. The number of fused-ring (bicyclic) bond motifs is 1. The first-order valence-corrected chi connectivity index (χ1v) is 6.85. The van der Waals surface area contributed by atoms with Crippen molar-refractivity contribution in [2.45, 2.75) is 13.8 Å². The quantitative estimate of drug-likeness (QED) is 0.610. The van der Waals surface area contributed by atoms with Crippen molar-refractivity contribution in [1.29, 1.82) is 0 Å². The molecule has 0 aliphatic carbocycles. The fraction of sp³-hybridized carbons (Fsp3) is 0.111. The number of benzene rings is 3. The predicted molar refractivity (Wildman–Crippen MR) is 85.7 cm³/mol. The van der Waals surface area contributed by atoms with Gasteiger partial charge in [-0.15, -0.1) is 5.11 Å². The fourth-order valence-corrected chi connectivity index (χ4v) is 2.25. The Hall–Kier alpha value is -2.68. The summed E-state index contributed by atoms with van der Waals surface area (Å²) < 4.78 is 0. The summed E-state index contributed by atoms with van der Waals surface area (Å²) >= 11 is 0. The summed E-state index contributed by atoms with van der Waals surface area (Å²) in [4.78, 5) is 0. The zero-order valence-electron chi connectivity index (χ0n) is 12.0. The van der Waals surface area contributed by atoms with Crippen molar-refractivity contribution >= 4 is 22.1 Å². The van der Waals surface area contributed by atoms with Gasteiger partial charge in [-0.3, -0.25) is 0 Å². The van der Waals surface area contributed by atoms with Crippen LogP contribution in [0.4, 0.5) is 11.4 Å². The van der Waals surface area contributed by atoms with E-state index >= 15 is 0 Å². The van der Waals surface area contributed by atoms with Crippen LogP contribution in [0.25, 0.3) is 10.8 Å². The maximum Gasteiger partial charge on any atom is 0.150 e. The van der Waals surface area contributed by atoms with E-state index in [1.807, 2.05) is 49.4 Å². The third kappa shape index (κ3) is 2.63. The van der Waals surface area contributed by atoms with Crippen LogP contribution in [0.15, 0.2) is 64.8 Å². The molecule has 21 heavy (non-hydrogen) atoms. The van der Waals surface area contributed by atoms with Crippen molar-refractivity contribution in [1.82, 2.24) is 0 Å². The molecule has 3 aromatic carbocycles. The lowest BCUT2D eigenvalue weighted by Gasteiger charge is -2.07. The van der Waals surface area contributed by atoms with E-state index in [1.165, 1.54) is 5.56 Å². The standard InChI is InChI=1S/C18H16N2O/c1-12-10-14-8-9-17(18(21)16(14)11-13(12)2)20-19-15-6-4-3-5-7-15/h3-11,21H,1-2H3. The molecular weight excluding hydrogens is 260 g/mol. The summed E-state index contributed by atoms with van der Waals surface area (Å²) in [6.45, 7) is 4.10. The van der Waals surface area contributed by atoms with Crippen molar-refractivity contribution in [3.05, 3.63) is 65.7 Å². The molecule has 3 heteroatoms. The number of aromatic hydroxyl groups is 1. The molecule has 0 bridgehead atoms. The van der Waals surface area contributed by atoms with Gasteiger partial charge in [-0.2, -0.15) is 5.11 Å². The number of hydrogen-bond donors (Lipinski definition) is 1. The van der Waals surface area contributed by atoms with Crippen molar-refractivity contribution in [2.75, 3.05) is 0 Å². The summed E-state index contributed by atoms with van der Waals surface area (Å²) in [5.74, 6) is 0.176. The SMILES string of the molecule is Cc1cc2ccc(N=Nc3ccccc3)c(O)c2cc1C. The van der Waals surface area contributed by atoms with Crippen LogP contribution in [-0.4, -0.2) is 5.11 Å². The molecular formula is C18H16N2O. The average molecular weight is 276 g/mol. The summed E-state index contributed by atoms with van der Waals surface area (Å²) in [7, 11) is 0. The molecule has 0 saturated heterocycles. The summed E-state index contributed by atoms with van der Waals surface area (Å²) in [5.41, 5.74) is 3.60. The van der Waals surface area contributed by atoms with E-state index < -0.39 is 0 Å². The third-order valence-electron chi connectivity index (χ3n) is 3.61. The van der Waals surface area contributed by atoms with E-state index in [0.717, 1.165) is 22.0 Å². The van der Waals surface area contributed by atoms with E-state index in [0.29, 0.717) is 5.69 Å². The largest absolute Gasteiger partial charge is 0.505 e. The maximum atomic E-state index is 10.4. The molecule has 104 valence electrons. The zero-order chi connectivity index (χ0) is 14.8. The Kier molecular flexibility index (Phi) is 3.40. The normalized spacial score (nSPS) is 11.3. The molecule has 0 unspecified atom stereocenters. The molecule has 3 aromatic rings. The highest BCUT2D eigenvalue weighted by Gasteiger charge is 2.07. The lowest BCUT2D eigenvalue weighted by atomic mass is 10.0. The van der Waals surface area contributed by atoms with E-state index in [-0.39, 0.29) is 5.75 Å². The van der Waals surface area contributed by atoms with Gasteiger partial charge in [-0.05, 0) is 54.6 Å². The highest BCUT2D eigenvalue weighted by molar-refractivity contribution is 5.93. The number of nitrogens with zero attached hydrogens (tertiary/aromatic N) is 2. The van der Waals surface area contributed by atoms with Crippen LogP contribution in [-0.2, 0) is 0 Å². The van der Waals surface area contributed by atoms with Gasteiger partial charge in [0.1, 0.15) is 5.69 Å². The number of phenols is 1. The first kappa shape index (κ1) is 13.3. The molecule has 3 nitrogen and oxygen atoms in total. The summed E-state index contributed by atoms with van der Waals surface area (Å²) in [5, 5.41) is 20.5. The smallest absolute Gasteiger partial charge is 0.150 e. The lowest BCUT2D eigenvalue weighted by Crippen LogP contribution is -1.82. The van der Waals surface area contributed by atoms with Gasteiger partial charge >= 0.3 is 0 Å². The second-order valence-corrected chi connectivity index (χ2v) is 5.13. The number of azo groups is 1. The Morgan fingerprint density at radius 2 is 1.52 bits per heavy atom. The van der Waals surface area contributed by atoms with E-state index in [4.69, 9.17) is 0 Å². The Balaban J connectivity index is 2.06. The fourth-order valence-electron chi connectivity index (χ4n) is 2.25. The molecule has 0 spiro atoms. The summed E-state index contributed by atoms with van der Waals surface area (Å²) in [6.07, 6.45) is 0. The molecule has 0 atom stereocenters. The lowest BCUT2D eigenvalue weighted by molar-refractivity contribution is 0.482. The number of hydrogen-bond acceptors (Lipinski definition) is 3. The number of rotatable bonds is 2. The number of phenolic OH excluding ortho intramolecular Hbond substituents is 1. The monoisotopic (exact) mass is 276 g/mol. The molecule has 3 rings (SSSR count). The Morgan fingerprint density at radius 3 is 2.29 bits per heavy atom. The Bertz CT molecular complexity index is 823. The van der Waals surface area contributed by atoms with Crippen molar-refractivity contribution in [2.24, 2.45) is 10.2 Å². The topological polar surface area (TPSA) is 45.0 Å².